The fourth-order valence-corrected chi connectivity index (χ4v) is 2.44. The molecule has 0 spiro atoms. The van der Waals surface area contributed by atoms with Crippen LogP contribution in [0, 0.1) is 16.0 Å². The van der Waals surface area contributed by atoms with Gasteiger partial charge in [-0.3, -0.25) is 10.1 Å². The largest absolute Gasteiger partial charge is 0.481 e. The maximum Gasteiger partial charge on any atom is 0.311 e. The van der Waals surface area contributed by atoms with Gasteiger partial charge in [0.1, 0.15) is 0 Å². The third kappa shape index (κ3) is 4.29. The Bertz CT molecular complexity index is 487. The number of nitrogens with one attached hydrogen (secondary N) is 1. The van der Waals surface area contributed by atoms with E-state index in [-0.39, 0.29) is 11.5 Å². The molecule has 2 rings (SSSR count). The number of piperidine rings is 1. The first-order valence-corrected chi connectivity index (χ1v) is 7.26. The molecule has 1 saturated heterocycles. The molecule has 21 heavy (non-hydrogen) atoms. The highest BCUT2D eigenvalue weighted by atomic mass is 16.6. The molecule has 7 heteroatoms. The van der Waals surface area contributed by atoms with E-state index in [1.165, 1.54) is 32.1 Å². The molecule has 1 fully saturated rings. The molecule has 1 aliphatic rings. The van der Waals surface area contributed by atoms with Gasteiger partial charge in [-0.05, 0) is 31.8 Å². The number of nitrogens with zero attached hydrogens (tertiary/aromatic N) is 3. The molecule has 0 atom stereocenters. The van der Waals surface area contributed by atoms with Gasteiger partial charge in [0.15, 0.2) is 0 Å². The average Bonchev–Trinajstić information content (AvgIpc) is 2.49. The van der Waals surface area contributed by atoms with Gasteiger partial charge >= 0.3 is 5.69 Å². The summed E-state index contributed by atoms with van der Waals surface area (Å²) in [4.78, 5) is 17.1. The number of anilines is 1. The van der Waals surface area contributed by atoms with E-state index in [9.17, 15) is 10.1 Å². The standard InChI is InChI=1S/C14H22N4O3/c1-11-5-8-17(9-6-11)10-7-15-14-12(18(19)20)3-4-13(16-14)21-2/h3-4,11H,5-10H2,1-2H3,(H,15,16). The number of likely N-dealkylation sites (tertiary alicyclic amines) is 1. The van der Waals surface area contributed by atoms with Gasteiger partial charge < -0.3 is 15.0 Å². The molecular formula is C14H22N4O3. The topological polar surface area (TPSA) is 80.5 Å². The van der Waals surface area contributed by atoms with E-state index in [1.54, 1.807) is 0 Å². The molecule has 1 aromatic rings. The van der Waals surface area contributed by atoms with E-state index in [2.05, 4.69) is 22.1 Å². The lowest BCUT2D eigenvalue weighted by atomic mass is 9.99. The van der Waals surface area contributed by atoms with Crippen molar-refractivity contribution in [1.82, 2.24) is 9.88 Å². The molecule has 0 aliphatic carbocycles. The van der Waals surface area contributed by atoms with Crippen LogP contribution in [0.3, 0.4) is 0 Å². The average molecular weight is 294 g/mol. The van der Waals surface area contributed by atoms with Crippen LogP contribution in [0.4, 0.5) is 11.5 Å². The predicted molar refractivity (Wildman–Crippen MR) is 80.8 cm³/mol. The van der Waals surface area contributed by atoms with E-state index in [0.29, 0.717) is 12.4 Å². The Balaban J connectivity index is 1.91. The van der Waals surface area contributed by atoms with Crippen LogP contribution in [0.25, 0.3) is 0 Å². The lowest BCUT2D eigenvalue weighted by molar-refractivity contribution is -0.384. The van der Waals surface area contributed by atoms with Gasteiger partial charge in [0.05, 0.1) is 12.0 Å². The second-order valence-corrected chi connectivity index (χ2v) is 5.43. The normalized spacial score (nSPS) is 16.7. The molecule has 0 unspecified atom stereocenters. The van der Waals surface area contributed by atoms with Gasteiger partial charge in [-0.2, -0.15) is 4.98 Å². The Kier molecular flexibility index (Phi) is 5.32. The van der Waals surface area contributed by atoms with Crippen LogP contribution in [0.15, 0.2) is 12.1 Å². The van der Waals surface area contributed by atoms with Crippen molar-refractivity contribution in [1.29, 1.82) is 0 Å². The number of aromatic nitrogens is 1. The molecule has 116 valence electrons. The van der Waals surface area contributed by atoms with Gasteiger partial charge in [0.25, 0.3) is 0 Å². The summed E-state index contributed by atoms with van der Waals surface area (Å²) in [5.41, 5.74) is -0.0249. The minimum absolute atomic E-state index is 0.0249. The minimum atomic E-state index is -0.433. The molecule has 1 aromatic heterocycles. The van der Waals surface area contributed by atoms with Crippen molar-refractivity contribution < 1.29 is 9.66 Å². The van der Waals surface area contributed by atoms with E-state index in [4.69, 9.17) is 4.74 Å². The number of methoxy groups -OCH3 is 1. The van der Waals surface area contributed by atoms with Gasteiger partial charge in [-0.15, -0.1) is 0 Å². The van der Waals surface area contributed by atoms with Crippen LogP contribution in [-0.4, -0.2) is 48.1 Å². The van der Waals surface area contributed by atoms with Crippen LogP contribution < -0.4 is 10.1 Å². The minimum Gasteiger partial charge on any atom is -0.481 e. The first kappa shape index (κ1) is 15.5. The predicted octanol–water partition coefficient (Wildman–Crippen LogP) is 2.14. The summed E-state index contributed by atoms with van der Waals surface area (Å²) < 4.78 is 5.01. The van der Waals surface area contributed by atoms with Crippen molar-refractivity contribution in [2.24, 2.45) is 5.92 Å². The summed E-state index contributed by atoms with van der Waals surface area (Å²) >= 11 is 0. The van der Waals surface area contributed by atoms with Crippen LogP contribution in [0.5, 0.6) is 5.88 Å². The summed E-state index contributed by atoms with van der Waals surface area (Å²) in [6, 6.07) is 2.91. The first-order valence-electron chi connectivity index (χ1n) is 7.26. The van der Waals surface area contributed by atoms with Crippen LogP contribution in [0.2, 0.25) is 0 Å². The zero-order chi connectivity index (χ0) is 15.2. The number of ether oxygens (including phenoxy) is 1. The highest BCUT2D eigenvalue weighted by Crippen LogP contribution is 2.24. The molecule has 0 radical (unpaired) electrons. The number of pyridine rings is 1. The third-order valence-electron chi connectivity index (χ3n) is 3.85. The smallest absolute Gasteiger partial charge is 0.311 e. The maximum atomic E-state index is 11.0. The summed E-state index contributed by atoms with van der Waals surface area (Å²) in [6.45, 7) is 5.96. The van der Waals surface area contributed by atoms with Gasteiger partial charge in [-0.1, -0.05) is 6.92 Å². The monoisotopic (exact) mass is 294 g/mol. The Morgan fingerprint density at radius 1 is 1.48 bits per heavy atom. The zero-order valence-electron chi connectivity index (χ0n) is 12.5. The molecule has 0 saturated carbocycles. The summed E-state index contributed by atoms with van der Waals surface area (Å²) in [5.74, 6) is 1.44. The van der Waals surface area contributed by atoms with Crippen LogP contribution in [-0.2, 0) is 0 Å². The maximum absolute atomic E-state index is 11.0. The molecule has 1 aliphatic heterocycles. The zero-order valence-corrected chi connectivity index (χ0v) is 12.5. The van der Waals surface area contributed by atoms with Gasteiger partial charge in [-0.25, -0.2) is 0 Å². The summed E-state index contributed by atoms with van der Waals surface area (Å²) in [6.07, 6.45) is 2.44. The number of hydrogen-bond acceptors (Lipinski definition) is 6. The highest BCUT2D eigenvalue weighted by Gasteiger charge is 2.18. The fraction of sp³-hybridized carbons (Fsp3) is 0.643. The number of nitro groups is 1. The van der Waals surface area contributed by atoms with Crippen molar-refractivity contribution in [3.05, 3.63) is 22.2 Å². The van der Waals surface area contributed by atoms with Crippen molar-refractivity contribution >= 4 is 11.5 Å². The van der Waals surface area contributed by atoms with E-state index in [0.717, 1.165) is 25.6 Å². The highest BCUT2D eigenvalue weighted by molar-refractivity contribution is 5.57. The Labute approximate surface area is 124 Å². The van der Waals surface area contributed by atoms with Gasteiger partial charge in [0.2, 0.25) is 11.7 Å². The van der Waals surface area contributed by atoms with Crippen LogP contribution in [0.1, 0.15) is 19.8 Å². The SMILES string of the molecule is COc1ccc([N+](=O)[O-])c(NCCN2CCC(C)CC2)n1. The second-order valence-electron chi connectivity index (χ2n) is 5.43. The second kappa shape index (κ2) is 7.21. The van der Waals surface area contributed by atoms with E-state index >= 15 is 0 Å². The summed E-state index contributed by atoms with van der Waals surface area (Å²) in [7, 11) is 1.49. The van der Waals surface area contributed by atoms with E-state index in [1.807, 2.05) is 0 Å². The summed E-state index contributed by atoms with van der Waals surface area (Å²) in [5, 5.41) is 14.1. The lowest BCUT2D eigenvalue weighted by Gasteiger charge is -2.30. The number of rotatable bonds is 6. The molecule has 0 amide bonds. The Hall–Kier alpha value is -1.89. The molecule has 0 aromatic carbocycles. The number of hydrogen-bond donors (Lipinski definition) is 1. The lowest BCUT2D eigenvalue weighted by Crippen LogP contribution is -2.36. The van der Waals surface area contributed by atoms with Crippen molar-refractivity contribution in [3.63, 3.8) is 0 Å². The quantitative estimate of drug-likeness (QED) is 0.639. The van der Waals surface area contributed by atoms with Gasteiger partial charge in [0, 0.05) is 25.2 Å². The molecule has 1 N–H and O–H groups in total. The van der Waals surface area contributed by atoms with Crippen LogP contribution >= 0.6 is 0 Å². The van der Waals surface area contributed by atoms with Crippen molar-refractivity contribution in [2.75, 3.05) is 38.6 Å². The van der Waals surface area contributed by atoms with Crippen molar-refractivity contribution in [3.8, 4) is 5.88 Å². The van der Waals surface area contributed by atoms with Crippen molar-refractivity contribution in [2.45, 2.75) is 19.8 Å². The first-order chi connectivity index (χ1) is 10.1. The molecule has 7 nitrogen and oxygen atoms in total. The Morgan fingerprint density at radius 2 is 2.19 bits per heavy atom. The molecule has 0 bridgehead atoms. The molecular weight excluding hydrogens is 272 g/mol. The van der Waals surface area contributed by atoms with E-state index < -0.39 is 4.92 Å². The Morgan fingerprint density at radius 3 is 2.81 bits per heavy atom. The fourth-order valence-electron chi connectivity index (χ4n) is 2.44. The molecule has 2 heterocycles. The third-order valence-corrected chi connectivity index (χ3v) is 3.85.